The topological polar surface area (TPSA) is 47.6 Å². The average Bonchev–Trinajstić information content (AvgIpc) is 2.62. The Morgan fingerprint density at radius 2 is 1.83 bits per heavy atom. The summed E-state index contributed by atoms with van der Waals surface area (Å²) in [6.45, 7) is 1.82. The van der Waals surface area contributed by atoms with Crippen molar-refractivity contribution in [1.82, 2.24) is 5.32 Å². The number of carbonyl (C=O) groups is 1. The van der Waals surface area contributed by atoms with Gasteiger partial charge in [-0.3, -0.25) is 4.79 Å². The van der Waals surface area contributed by atoms with Crippen LogP contribution in [0.25, 0.3) is 6.08 Å². The molecule has 1 heterocycles. The minimum Gasteiger partial charge on any atom is -0.486 e. The largest absolute Gasteiger partial charge is 0.486 e. The van der Waals surface area contributed by atoms with Crippen LogP contribution in [0.2, 0.25) is 0 Å². The number of ether oxygens (including phenoxy) is 2. The van der Waals surface area contributed by atoms with Crippen LogP contribution in [0.15, 0.2) is 54.6 Å². The fraction of sp³-hybridized carbons (Fsp3) is 0.250. The zero-order chi connectivity index (χ0) is 16.6. The second-order valence-electron chi connectivity index (χ2n) is 5.61. The molecule has 0 saturated carbocycles. The maximum Gasteiger partial charge on any atom is 0.224 e. The first-order valence-electron chi connectivity index (χ1n) is 8.18. The minimum atomic E-state index is 0.0499. The summed E-state index contributed by atoms with van der Waals surface area (Å²) in [5.74, 6) is 1.64. The molecule has 0 atom stereocenters. The Hall–Kier alpha value is -2.75. The van der Waals surface area contributed by atoms with Gasteiger partial charge in [0.25, 0.3) is 0 Å². The summed E-state index contributed by atoms with van der Waals surface area (Å²) in [4.78, 5) is 11.8. The molecule has 4 heteroatoms. The highest BCUT2D eigenvalue weighted by atomic mass is 16.6. The van der Waals surface area contributed by atoms with Crippen molar-refractivity contribution in [2.75, 3.05) is 19.8 Å². The second-order valence-corrected chi connectivity index (χ2v) is 5.61. The summed E-state index contributed by atoms with van der Waals surface area (Å²) in [5.41, 5.74) is 2.09. The van der Waals surface area contributed by atoms with Crippen LogP contribution in [0.1, 0.15) is 17.5 Å². The van der Waals surface area contributed by atoms with E-state index in [0.717, 1.165) is 29.0 Å². The van der Waals surface area contributed by atoms with E-state index in [2.05, 4.69) is 5.32 Å². The lowest BCUT2D eigenvalue weighted by Gasteiger charge is -2.18. The molecule has 0 unspecified atom stereocenters. The van der Waals surface area contributed by atoms with Gasteiger partial charge < -0.3 is 14.8 Å². The summed E-state index contributed by atoms with van der Waals surface area (Å²) in [6, 6.07) is 15.6. The zero-order valence-electron chi connectivity index (χ0n) is 13.5. The van der Waals surface area contributed by atoms with Gasteiger partial charge in [0, 0.05) is 6.54 Å². The van der Waals surface area contributed by atoms with Gasteiger partial charge >= 0.3 is 0 Å². The fourth-order valence-electron chi connectivity index (χ4n) is 2.52. The summed E-state index contributed by atoms with van der Waals surface area (Å²) >= 11 is 0. The van der Waals surface area contributed by atoms with Crippen molar-refractivity contribution in [3.8, 4) is 11.5 Å². The van der Waals surface area contributed by atoms with E-state index in [1.54, 1.807) is 0 Å². The Morgan fingerprint density at radius 1 is 1.04 bits per heavy atom. The van der Waals surface area contributed by atoms with Crippen molar-refractivity contribution < 1.29 is 14.3 Å². The summed E-state index contributed by atoms with van der Waals surface area (Å²) in [5, 5.41) is 2.93. The van der Waals surface area contributed by atoms with E-state index in [4.69, 9.17) is 9.47 Å². The van der Waals surface area contributed by atoms with Gasteiger partial charge in [0.05, 0.1) is 6.42 Å². The van der Waals surface area contributed by atoms with E-state index in [1.165, 1.54) is 0 Å². The highest BCUT2D eigenvalue weighted by Crippen LogP contribution is 2.31. The molecule has 1 amide bonds. The molecule has 0 bridgehead atoms. The summed E-state index contributed by atoms with van der Waals surface area (Å²) in [6.07, 6.45) is 5.29. The lowest BCUT2D eigenvalue weighted by molar-refractivity contribution is -0.120. The second kappa shape index (κ2) is 8.20. The van der Waals surface area contributed by atoms with Gasteiger partial charge in [-0.1, -0.05) is 48.6 Å². The molecule has 2 aromatic rings. The Kier molecular flexibility index (Phi) is 5.51. The van der Waals surface area contributed by atoms with Gasteiger partial charge in [-0.05, 0) is 29.7 Å². The van der Waals surface area contributed by atoms with E-state index in [0.29, 0.717) is 26.2 Å². The van der Waals surface area contributed by atoms with Crippen LogP contribution >= 0.6 is 0 Å². The molecule has 0 saturated heterocycles. The maximum absolute atomic E-state index is 11.8. The number of amides is 1. The van der Waals surface area contributed by atoms with Gasteiger partial charge in [-0.25, -0.2) is 0 Å². The summed E-state index contributed by atoms with van der Waals surface area (Å²) in [7, 11) is 0. The van der Waals surface area contributed by atoms with Crippen LogP contribution in [0.3, 0.4) is 0 Å². The molecule has 3 rings (SSSR count). The zero-order valence-corrected chi connectivity index (χ0v) is 13.5. The van der Waals surface area contributed by atoms with Crippen LogP contribution in [0.5, 0.6) is 11.5 Å². The average molecular weight is 323 g/mol. The Bertz CT molecular complexity index is 710. The van der Waals surface area contributed by atoms with E-state index in [9.17, 15) is 4.79 Å². The standard InChI is InChI=1S/C20H21NO3/c22-20(15-16-6-2-1-3-7-16)21-11-5-4-8-17-9-10-18-19(14-17)24-13-12-23-18/h1-4,6-10,14H,5,11-13,15H2,(H,21,22)/b8-4+. The van der Waals surface area contributed by atoms with Crippen molar-refractivity contribution in [1.29, 1.82) is 0 Å². The Morgan fingerprint density at radius 3 is 2.67 bits per heavy atom. The molecular formula is C20H21NO3. The van der Waals surface area contributed by atoms with Gasteiger partial charge in [-0.2, -0.15) is 0 Å². The molecule has 0 fully saturated rings. The number of hydrogen-bond acceptors (Lipinski definition) is 3. The van der Waals surface area contributed by atoms with Gasteiger partial charge in [0.15, 0.2) is 11.5 Å². The first-order valence-corrected chi connectivity index (χ1v) is 8.18. The molecule has 1 aliphatic rings. The highest BCUT2D eigenvalue weighted by molar-refractivity contribution is 5.78. The fourth-order valence-corrected chi connectivity index (χ4v) is 2.52. The van der Waals surface area contributed by atoms with Gasteiger partial charge in [-0.15, -0.1) is 0 Å². The highest BCUT2D eigenvalue weighted by Gasteiger charge is 2.10. The molecule has 24 heavy (non-hydrogen) atoms. The van der Waals surface area contributed by atoms with E-state index < -0.39 is 0 Å². The first-order chi connectivity index (χ1) is 11.8. The number of rotatable bonds is 6. The number of fused-ring (bicyclic) bond motifs is 1. The molecule has 4 nitrogen and oxygen atoms in total. The van der Waals surface area contributed by atoms with E-state index in [1.807, 2.05) is 60.7 Å². The molecule has 1 N–H and O–H groups in total. The third-order valence-electron chi connectivity index (χ3n) is 3.72. The monoisotopic (exact) mass is 323 g/mol. The van der Waals surface area contributed by atoms with Crippen LogP contribution in [0, 0.1) is 0 Å². The predicted octanol–water partition coefficient (Wildman–Crippen LogP) is 3.22. The van der Waals surface area contributed by atoms with E-state index >= 15 is 0 Å². The minimum absolute atomic E-state index is 0.0499. The van der Waals surface area contributed by atoms with Crippen molar-refractivity contribution in [3.05, 3.63) is 65.7 Å². The third-order valence-corrected chi connectivity index (χ3v) is 3.72. The quantitative estimate of drug-likeness (QED) is 0.830. The number of carbonyl (C=O) groups excluding carboxylic acids is 1. The number of benzene rings is 2. The molecule has 0 aliphatic carbocycles. The molecule has 1 aliphatic heterocycles. The number of nitrogens with one attached hydrogen (secondary N) is 1. The van der Waals surface area contributed by atoms with Crippen molar-refractivity contribution in [3.63, 3.8) is 0 Å². The third kappa shape index (κ3) is 4.62. The SMILES string of the molecule is O=C(Cc1ccccc1)NCC/C=C/c1ccc2c(c1)OCCO2. The molecule has 0 radical (unpaired) electrons. The summed E-state index contributed by atoms with van der Waals surface area (Å²) < 4.78 is 11.1. The lowest BCUT2D eigenvalue weighted by Crippen LogP contribution is -2.25. The Labute approximate surface area is 142 Å². The maximum atomic E-state index is 11.8. The number of hydrogen-bond donors (Lipinski definition) is 1. The van der Waals surface area contributed by atoms with Crippen LogP contribution in [0.4, 0.5) is 0 Å². The molecule has 0 aromatic heterocycles. The smallest absolute Gasteiger partial charge is 0.224 e. The predicted molar refractivity (Wildman–Crippen MR) is 94.2 cm³/mol. The molecule has 124 valence electrons. The van der Waals surface area contributed by atoms with E-state index in [-0.39, 0.29) is 5.91 Å². The lowest BCUT2D eigenvalue weighted by atomic mass is 10.1. The van der Waals surface area contributed by atoms with Crippen LogP contribution in [-0.2, 0) is 11.2 Å². The molecule has 0 spiro atoms. The van der Waals surface area contributed by atoms with Crippen LogP contribution in [-0.4, -0.2) is 25.7 Å². The van der Waals surface area contributed by atoms with Crippen molar-refractivity contribution in [2.24, 2.45) is 0 Å². The van der Waals surface area contributed by atoms with Gasteiger partial charge in [0.2, 0.25) is 5.91 Å². The van der Waals surface area contributed by atoms with Crippen molar-refractivity contribution in [2.45, 2.75) is 12.8 Å². The first kappa shape index (κ1) is 16.1. The van der Waals surface area contributed by atoms with Crippen molar-refractivity contribution >= 4 is 12.0 Å². The Balaban J connectivity index is 1.41. The van der Waals surface area contributed by atoms with Crippen LogP contribution < -0.4 is 14.8 Å². The molecule has 2 aromatic carbocycles. The van der Waals surface area contributed by atoms with Gasteiger partial charge in [0.1, 0.15) is 13.2 Å². The molecular weight excluding hydrogens is 302 g/mol. The normalized spacial score (nSPS) is 13.0.